The standard InChI is InChI=1S/C16H16FN3O/c1-10(14-5-4-13(21-2)8-15(14)17)19-12-3-6-16-11(7-12)9-18-20-16/h3-10,19H,1-2H3,(H,18,20). The molecule has 21 heavy (non-hydrogen) atoms. The van der Waals surface area contributed by atoms with Gasteiger partial charge < -0.3 is 10.1 Å². The molecule has 0 aliphatic carbocycles. The zero-order valence-electron chi connectivity index (χ0n) is 11.9. The highest BCUT2D eigenvalue weighted by molar-refractivity contribution is 5.81. The van der Waals surface area contributed by atoms with Gasteiger partial charge in [-0.25, -0.2) is 4.39 Å². The van der Waals surface area contributed by atoms with Gasteiger partial charge in [0.2, 0.25) is 0 Å². The largest absolute Gasteiger partial charge is 0.497 e. The number of H-pyrrole nitrogens is 1. The minimum atomic E-state index is -0.279. The number of nitrogens with one attached hydrogen (secondary N) is 2. The van der Waals surface area contributed by atoms with Crippen molar-refractivity contribution in [2.24, 2.45) is 0 Å². The maximum Gasteiger partial charge on any atom is 0.132 e. The van der Waals surface area contributed by atoms with Crippen LogP contribution in [0.4, 0.5) is 10.1 Å². The Morgan fingerprint density at radius 2 is 2.10 bits per heavy atom. The molecule has 1 heterocycles. The van der Waals surface area contributed by atoms with Crippen molar-refractivity contribution in [1.29, 1.82) is 0 Å². The second kappa shape index (κ2) is 5.44. The topological polar surface area (TPSA) is 49.9 Å². The molecule has 0 saturated heterocycles. The predicted octanol–water partition coefficient (Wildman–Crippen LogP) is 3.88. The highest BCUT2D eigenvalue weighted by atomic mass is 19.1. The lowest BCUT2D eigenvalue weighted by Crippen LogP contribution is -2.08. The average Bonchev–Trinajstić information content (AvgIpc) is 2.94. The summed E-state index contributed by atoms with van der Waals surface area (Å²) in [7, 11) is 1.52. The number of halogens is 1. The first-order valence-electron chi connectivity index (χ1n) is 6.70. The Bertz CT molecular complexity index is 769. The van der Waals surface area contributed by atoms with Crippen LogP contribution in [-0.2, 0) is 0 Å². The Morgan fingerprint density at radius 1 is 1.24 bits per heavy atom. The van der Waals surface area contributed by atoms with E-state index in [0.717, 1.165) is 16.6 Å². The van der Waals surface area contributed by atoms with Gasteiger partial charge in [0.1, 0.15) is 11.6 Å². The van der Waals surface area contributed by atoms with E-state index in [4.69, 9.17) is 4.74 Å². The first-order chi connectivity index (χ1) is 10.2. The number of nitrogens with zero attached hydrogens (tertiary/aromatic N) is 1. The number of hydrogen-bond donors (Lipinski definition) is 2. The van der Waals surface area contributed by atoms with Gasteiger partial charge in [-0.15, -0.1) is 0 Å². The van der Waals surface area contributed by atoms with Gasteiger partial charge in [-0.05, 0) is 31.2 Å². The molecule has 3 aromatic rings. The highest BCUT2D eigenvalue weighted by Gasteiger charge is 2.12. The van der Waals surface area contributed by atoms with Crippen molar-refractivity contribution in [3.8, 4) is 5.75 Å². The van der Waals surface area contributed by atoms with Gasteiger partial charge in [-0.1, -0.05) is 6.07 Å². The third kappa shape index (κ3) is 2.67. The van der Waals surface area contributed by atoms with E-state index < -0.39 is 0 Å². The van der Waals surface area contributed by atoms with E-state index in [9.17, 15) is 4.39 Å². The second-order valence-electron chi connectivity index (χ2n) is 4.93. The van der Waals surface area contributed by atoms with E-state index in [-0.39, 0.29) is 11.9 Å². The normalized spacial score (nSPS) is 12.3. The number of ether oxygens (including phenoxy) is 1. The summed E-state index contributed by atoms with van der Waals surface area (Å²) in [5, 5.41) is 11.2. The maximum atomic E-state index is 14.1. The van der Waals surface area contributed by atoms with Gasteiger partial charge in [0.15, 0.2) is 0 Å². The molecule has 1 aromatic heterocycles. The minimum absolute atomic E-state index is 0.153. The molecule has 2 aromatic carbocycles. The maximum absolute atomic E-state index is 14.1. The lowest BCUT2D eigenvalue weighted by Gasteiger charge is -2.17. The molecule has 0 saturated carbocycles. The van der Waals surface area contributed by atoms with E-state index >= 15 is 0 Å². The molecule has 1 unspecified atom stereocenters. The molecule has 5 heteroatoms. The molecule has 4 nitrogen and oxygen atoms in total. The van der Waals surface area contributed by atoms with Crippen molar-refractivity contribution in [2.75, 3.05) is 12.4 Å². The SMILES string of the molecule is COc1ccc(C(C)Nc2ccc3[nH]ncc3c2)c(F)c1. The highest BCUT2D eigenvalue weighted by Crippen LogP contribution is 2.26. The summed E-state index contributed by atoms with van der Waals surface area (Å²) < 4.78 is 19.1. The quantitative estimate of drug-likeness (QED) is 0.764. The van der Waals surface area contributed by atoms with Crippen molar-refractivity contribution in [2.45, 2.75) is 13.0 Å². The molecule has 0 spiro atoms. The van der Waals surface area contributed by atoms with Gasteiger partial charge in [-0.2, -0.15) is 5.10 Å². The van der Waals surface area contributed by atoms with E-state index in [0.29, 0.717) is 11.3 Å². The second-order valence-corrected chi connectivity index (χ2v) is 4.93. The Hall–Kier alpha value is -2.56. The molecular weight excluding hydrogens is 269 g/mol. The summed E-state index contributed by atoms with van der Waals surface area (Å²) in [6.07, 6.45) is 1.76. The van der Waals surface area contributed by atoms with E-state index in [2.05, 4.69) is 15.5 Å². The zero-order valence-corrected chi connectivity index (χ0v) is 11.9. The van der Waals surface area contributed by atoms with Crippen molar-refractivity contribution in [3.63, 3.8) is 0 Å². The summed E-state index contributed by atoms with van der Waals surface area (Å²) in [6.45, 7) is 1.92. The van der Waals surface area contributed by atoms with Gasteiger partial charge in [0.25, 0.3) is 0 Å². The first-order valence-corrected chi connectivity index (χ1v) is 6.70. The van der Waals surface area contributed by atoms with Crippen LogP contribution in [0.25, 0.3) is 10.9 Å². The van der Waals surface area contributed by atoms with Gasteiger partial charge in [0.05, 0.1) is 24.9 Å². The molecule has 0 amide bonds. The van der Waals surface area contributed by atoms with Crippen LogP contribution in [0.3, 0.4) is 0 Å². The van der Waals surface area contributed by atoms with Gasteiger partial charge in [0, 0.05) is 22.7 Å². The molecule has 0 bridgehead atoms. The summed E-state index contributed by atoms with van der Waals surface area (Å²) in [5.74, 6) is 0.238. The van der Waals surface area contributed by atoms with Crippen LogP contribution in [0, 0.1) is 5.82 Å². The van der Waals surface area contributed by atoms with Crippen molar-refractivity contribution in [1.82, 2.24) is 10.2 Å². The van der Waals surface area contributed by atoms with Crippen molar-refractivity contribution < 1.29 is 9.13 Å². The van der Waals surface area contributed by atoms with Gasteiger partial charge in [-0.3, -0.25) is 5.10 Å². The lowest BCUT2D eigenvalue weighted by molar-refractivity contribution is 0.410. The molecule has 0 aliphatic rings. The molecule has 0 fully saturated rings. The van der Waals surface area contributed by atoms with Crippen LogP contribution in [-0.4, -0.2) is 17.3 Å². The number of fused-ring (bicyclic) bond motifs is 1. The molecule has 108 valence electrons. The molecule has 2 N–H and O–H groups in total. The fourth-order valence-electron chi connectivity index (χ4n) is 2.35. The van der Waals surface area contributed by atoms with Crippen LogP contribution in [0.5, 0.6) is 5.75 Å². The van der Waals surface area contributed by atoms with E-state index in [1.807, 2.05) is 25.1 Å². The number of hydrogen-bond acceptors (Lipinski definition) is 3. The number of rotatable bonds is 4. The number of aromatic amines is 1. The number of benzene rings is 2. The van der Waals surface area contributed by atoms with Crippen LogP contribution in [0.2, 0.25) is 0 Å². The van der Waals surface area contributed by atoms with Gasteiger partial charge >= 0.3 is 0 Å². The smallest absolute Gasteiger partial charge is 0.132 e. The summed E-state index contributed by atoms with van der Waals surface area (Å²) in [5.41, 5.74) is 2.50. The fraction of sp³-hybridized carbons (Fsp3) is 0.188. The molecule has 0 radical (unpaired) electrons. The van der Waals surface area contributed by atoms with Crippen LogP contribution in [0.15, 0.2) is 42.6 Å². The monoisotopic (exact) mass is 285 g/mol. The third-order valence-corrected chi connectivity index (χ3v) is 3.50. The average molecular weight is 285 g/mol. The minimum Gasteiger partial charge on any atom is -0.497 e. The number of methoxy groups -OCH3 is 1. The Balaban J connectivity index is 1.83. The van der Waals surface area contributed by atoms with Crippen molar-refractivity contribution >= 4 is 16.6 Å². The number of anilines is 1. The summed E-state index contributed by atoms with van der Waals surface area (Å²) in [6, 6.07) is 10.6. The van der Waals surface area contributed by atoms with E-state index in [1.165, 1.54) is 13.2 Å². The predicted molar refractivity (Wildman–Crippen MR) is 81.1 cm³/mol. The summed E-state index contributed by atoms with van der Waals surface area (Å²) >= 11 is 0. The zero-order chi connectivity index (χ0) is 14.8. The lowest BCUT2D eigenvalue weighted by atomic mass is 10.1. The Morgan fingerprint density at radius 3 is 2.86 bits per heavy atom. The molecule has 0 aliphatic heterocycles. The van der Waals surface area contributed by atoms with Crippen LogP contribution < -0.4 is 10.1 Å². The molecule has 3 rings (SSSR count). The van der Waals surface area contributed by atoms with Crippen molar-refractivity contribution in [3.05, 3.63) is 54.0 Å². The first kappa shape index (κ1) is 13.4. The fourth-order valence-corrected chi connectivity index (χ4v) is 2.35. The summed E-state index contributed by atoms with van der Waals surface area (Å²) in [4.78, 5) is 0. The Labute approximate surface area is 121 Å². The van der Waals surface area contributed by atoms with Crippen LogP contribution in [0.1, 0.15) is 18.5 Å². The number of aromatic nitrogens is 2. The Kier molecular flexibility index (Phi) is 3.48. The van der Waals surface area contributed by atoms with Crippen LogP contribution >= 0.6 is 0 Å². The van der Waals surface area contributed by atoms with E-state index in [1.54, 1.807) is 18.3 Å². The molecular formula is C16H16FN3O. The molecule has 1 atom stereocenters. The third-order valence-electron chi connectivity index (χ3n) is 3.50.